The van der Waals surface area contributed by atoms with Gasteiger partial charge in [-0.1, -0.05) is 6.92 Å². The maximum Gasteiger partial charge on any atom is 0.401 e. The average Bonchev–Trinajstić information content (AvgIpc) is 2.43. The van der Waals surface area contributed by atoms with E-state index in [1.54, 1.807) is 11.3 Å². The van der Waals surface area contributed by atoms with Crippen LogP contribution in [0.15, 0.2) is 0 Å². The minimum Gasteiger partial charge on any atom is -0.308 e. The Kier molecular flexibility index (Phi) is 4.94. The molecule has 1 aromatic rings. The third-order valence-electron chi connectivity index (χ3n) is 2.41. The lowest BCUT2D eigenvalue weighted by molar-refractivity contribution is -0.125. The van der Waals surface area contributed by atoms with E-state index < -0.39 is 12.7 Å². The molecule has 0 aliphatic rings. The molecular formula is C11H17F3N2S. The maximum absolute atomic E-state index is 11.9. The summed E-state index contributed by atoms with van der Waals surface area (Å²) in [6.07, 6.45) is -3.40. The Hall–Kier alpha value is -0.620. The van der Waals surface area contributed by atoms with Crippen LogP contribution in [0.1, 0.15) is 22.5 Å². The van der Waals surface area contributed by atoms with Crippen LogP contribution in [0.5, 0.6) is 0 Å². The van der Waals surface area contributed by atoms with Gasteiger partial charge in [0.2, 0.25) is 0 Å². The van der Waals surface area contributed by atoms with Crippen molar-refractivity contribution in [1.82, 2.24) is 10.3 Å². The zero-order valence-corrected chi connectivity index (χ0v) is 11.0. The number of hydrogen-bond acceptors (Lipinski definition) is 3. The minimum absolute atomic E-state index is 0.155. The molecule has 98 valence electrons. The van der Waals surface area contributed by atoms with Crippen LogP contribution in [0.4, 0.5) is 13.2 Å². The first-order chi connectivity index (χ1) is 7.78. The molecule has 17 heavy (non-hydrogen) atoms. The van der Waals surface area contributed by atoms with Crippen molar-refractivity contribution in [2.75, 3.05) is 13.1 Å². The number of alkyl halides is 3. The highest BCUT2D eigenvalue weighted by molar-refractivity contribution is 7.11. The molecule has 0 fully saturated rings. The Morgan fingerprint density at radius 2 is 2.00 bits per heavy atom. The predicted octanol–water partition coefficient (Wildman–Crippen LogP) is 3.09. The van der Waals surface area contributed by atoms with E-state index in [1.807, 2.05) is 20.8 Å². The van der Waals surface area contributed by atoms with Crippen molar-refractivity contribution in [1.29, 1.82) is 0 Å². The van der Waals surface area contributed by atoms with Gasteiger partial charge in [0.25, 0.3) is 0 Å². The van der Waals surface area contributed by atoms with E-state index in [4.69, 9.17) is 0 Å². The number of hydrogen-bond donors (Lipinski definition) is 1. The number of nitrogens with one attached hydrogen (secondary N) is 1. The summed E-state index contributed by atoms with van der Waals surface area (Å²) >= 11 is 1.62. The van der Waals surface area contributed by atoms with E-state index in [-0.39, 0.29) is 5.92 Å². The van der Waals surface area contributed by atoms with Crippen molar-refractivity contribution in [2.24, 2.45) is 5.92 Å². The molecule has 2 nitrogen and oxygen atoms in total. The number of rotatable bonds is 5. The summed E-state index contributed by atoms with van der Waals surface area (Å²) < 4.78 is 35.7. The van der Waals surface area contributed by atoms with Crippen LogP contribution < -0.4 is 5.32 Å². The summed E-state index contributed by atoms with van der Waals surface area (Å²) in [5.74, 6) is 0.155. The number of thiazole rings is 1. The molecular weight excluding hydrogens is 249 g/mol. The molecule has 0 saturated heterocycles. The van der Waals surface area contributed by atoms with Gasteiger partial charge < -0.3 is 5.32 Å². The SMILES string of the molecule is Cc1nc(CC(C)CNCC(F)(F)F)sc1C. The average molecular weight is 266 g/mol. The fourth-order valence-electron chi connectivity index (χ4n) is 1.46. The van der Waals surface area contributed by atoms with E-state index in [1.165, 1.54) is 4.88 Å². The molecule has 1 rings (SSSR count). The lowest BCUT2D eigenvalue weighted by Gasteiger charge is -2.12. The molecule has 0 radical (unpaired) electrons. The highest BCUT2D eigenvalue weighted by atomic mass is 32.1. The standard InChI is InChI=1S/C11H17F3N2S/c1-7(5-15-6-11(12,13)14)4-10-16-8(2)9(3)17-10/h7,15H,4-6H2,1-3H3. The van der Waals surface area contributed by atoms with Crippen molar-refractivity contribution in [2.45, 2.75) is 33.4 Å². The second-order valence-corrected chi connectivity index (χ2v) is 5.59. The summed E-state index contributed by atoms with van der Waals surface area (Å²) in [6.45, 7) is 5.31. The van der Waals surface area contributed by atoms with Gasteiger partial charge in [-0.25, -0.2) is 4.98 Å². The van der Waals surface area contributed by atoms with Crippen LogP contribution in [0, 0.1) is 19.8 Å². The van der Waals surface area contributed by atoms with Crippen molar-refractivity contribution >= 4 is 11.3 Å². The fraction of sp³-hybridized carbons (Fsp3) is 0.727. The number of aryl methyl sites for hydroxylation is 2. The van der Waals surface area contributed by atoms with E-state index in [0.717, 1.165) is 17.1 Å². The summed E-state index contributed by atoms with van der Waals surface area (Å²) in [7, 11) is 0. The Labute approximate surface area is 103 Å². The van der Waals surface area contributed by atoms with Crippen LogP contribution in [0.3, 0.4) is 0 Å². The fourth-order valence-corrected chi connectivity index (χ4v) is 2.55. The Bertz CT molecular complexity index is 341. The van der Waals surface area contributed by atoms with E-state index >= 15 is 0 Å². The van der Waals surface area contributed by atoms with Crippen LogP contribution in [0.2, 0.25) is 0 Å². The third-order valence-corrected chi connectivity index (χ3v) is 3.51. The predicted molar refractivity (Wildman–Crippen MR) is 63.4 cm³/mol. The molecule has 1 heterocycles. The monoisotopic (exact) mass is 266 g/mol. The number of nitrogens with zero attached hydrogens (tertiary/aromatic N) is 1. The van der Waals surface area contributed by atoms with Gasteiger partial charge in [0.05, 0.1) is 17.2 Å². The maximum atomic E-state index is 11.9. The molecule has 1 atom stereocenters. The molecule has 0 spiro atoms. The Balaban J connectivity index is 2.32. The van der Waals surface area contributed by atoms with Gasteiger partial charge in [0, 0.05) is 11.3 Å². The second-order valence-electron chi connectivity index (χ2n) is 4.30. The first-order valence-electron chi connectivity index (χ1n) is 5.48. The minimum atomic E-state index is -4.13. The van der Waals surface area contributed by atoms with Crippen molar-refractivity contribution in [3.8, 4) is 0 Å². The molecule has 1 N–H and O–H groups in total. The molecule has 0 bridgehead atoms. The molecule has 0 aliphatic heterocycles. The van der Waals surface area contributed by atoms with Gasteiger partial charge >= 0.3 is 6.18 Å². The van der Waals surface area contributed by atoms with Crippen LogP contribution in [0.25, 0.3) is 0 Å². The van der Waals surface area contributed by atoms with Crippen LogP contribution >= 0.6 is 11.3 Å². The van der Waals surface area contributed by atoms with Gasteiger partial charge in [-0.15, -0.1) is 11.3 Å². The number of halogens is 3. The second kappa shape index (κ2) is 5.82. The van der Waals surface area contributed by atoms with Gasteiger partial charge in [-0.05, 0) is 26.3 Å². The molecule has 0 amide bonds. The molecule has 0 aromatic carbocycles. The zero-order valence-electron chi connectivity index (χ0n) is 10.2. The van der Waals surface area contributed by atoms with Crippen LogP contribution in [-0.4, -0.2) is 24.2 Å². The van der Waals surface area contributed by atoms with Crippen molar-refractivity contribution < 1.29 is 13.2 Å². The summed E-state index contributed by atoms with van der Waals surface area (Å²) in [5.41, 5.74) is 1.01. The zero-order chi connectivity index (χ0) is 13.1. The highest BCUT2D eigenvalue weighted by Gasteiger charge is 2.26. The first kappa shape index (κ1) is 14.4. The van der Waals surface area contributed by atoms with Gasteiger partial charge in [-0.3, -0.25) is 0 Å². The lowest BCUT2D eigenvalue weighted by Crippen LogP contribution is -2.32. The molecule has 0 saturated carbocycles. The van der Waals surface area contributed by atoms with Gasteiger partial charge in [-0.2, -0.15) is 13.2 Å². The van der Waals surface area contributed by atoms with Crippen molar-refractivity contribution in [3.63, 3.8) is 0 Å². The molecule has 1 aromatic heterocycles. The summed E-state index contributed by atoms with van der Waals surface area (Å²) in [6, 6.07) is 0. The Morgan fingerprint density at radius 1 is 1.35 bits per heavy atom. The highest BCUT2D eigenvalue weighted by Crippen LogP contribution is 2.19. The third kappa shape index (κ3) is 5.50. The lowest BCUT2D eigenvalue weighted by atomic mass is 10.1. The van der Waals surface area contributed by atoms with E-state index in [0.29, 0.717) is 6.54 Å². The topological polar surface area (TPSA) is 24.9 Å². The van der Waals surface area contributed by atoms with Crippen LogP contribution in [-0.2, 0) is 6.42 Å². The van der Waals surface area contributed by atoms with E-state index in [9.17, 15) is 13.2 Å². The first-order valence-corrected chi connectivity index (χ1v) is 6.30. The smallest absolute Gasteiger partial charge is 0.308 e. The quantitative estimate of drug-likeness (QED) is 0.886. The van der Waals surface area contributed by atoms with Crippen molar-refractivity contribution in [3.05, 3.63) is 15.6 Å². The van der Waals surface area contributed by atoms with Gasteiger partial charge in [0.1, 0.15) is 0 Å². The molecule has 0 aliphatic carbocycles. The van der Waals surface area contributed by atoms with E-state index in [2.05, 4.69) is 10.3 Å². The summed E-state index contributed by atoms with van der Waals surface area (Å²) in [5, 5.41) is 3.42. The Morgan fingerprint density at radius 3 is 2.47 bits per heavy atom. The molecule has 6 heteroatoms. The molecule has 1 unspecified atom stereocenters. The largest absolute Gasteiger partial charge is 0.401 e. The van der Waals surface area contributed by atoms with Gasteiger partial charge in [0.15, 0.2) is 0 Å². The normalized spacial score (nSPS) is 14.0. The summed E-state index contributed by atoms with van der Waals surface area (Å²) in [4.78, 5) is 5.55. The number of aromatic nitrogens is 1.